The molecule has 1 aromatic carbocycles. The Kier molecular flexibility index (Phi) is 4.33. The quantitative estimate of drug-likeness (QED) is 0.859. The second kappa shape index (κ2) is 5.54. The van der Waals surface area contributed by atoms with Gasteiger partial charge in [-0.15, -0.1) is 0 Å². The first-order valence-electron chi connectivity index (χ1n) is 6.23. The highest BCUT2D eigenvalue weighted by Gasteiger charge is 2.32. The molecule has 0 aliphatic heterocycles. The van der Waals surface area contributed by atoms with Gasteiger partial charge in [0.25, 0.3) is 15.0 Å². The minimum atomic E-state index is -3.91. The van der Waals surface area contributed by atoms with Crippen molar-refractivity contribution in [2.45, 2.75) is 31.1 Å². The Bertz CT molecular complexity index is 639. The van der Waals surface area contributed by atoms with Crippen LogP contribution in [0.15, 0.2) is 23.1 Å². The zero-order valence-corrected chi connectivity index (χ0v) is 13.3. The molecule has 20 heavy (non-hydrogen) atoms. The number of halogens is 2. The van der Waals surface area contributed by atoms with Crippen LogP contribution in [0, 0.1) is 5.41 Å². The molecular weight excluding hydrogens is 321 g/mol. The normalized spacial score (nSPS) is 17.4. The lowest BCUT2D eigenvalue weighted by molar-refractivity contribution is 0.0890. The average molecular weight is 336 g/mol. The monoisotopic (exact) mass is 335 g/mol. The SMILES string of the molecule is CC1(CNC(=O)c2cc(Cl)cc(S(=O)(=O)Cl)c2)CCC1. The van der Waals surface area contributed by atoms with E-state index in [9.17, 15) is 13.2 Å². The molecule has 1 N–H and O–H groups in total. The van der Waals surface area contributed by atoms with Crippen LogP contribution in [0.3, 0.4) is 0 Å². The van der Waals surface area contributed by atoms with Gasteiger partial charge in [-0.25, -0.2) is 8.42 Å². The first kappa shape index (κ1) is 15.6. The number of carbonyl (C=O) groups excluding carboxylic acids is 1. The van der Waals surface area contributed by atoms with Crippen LogP contribution in [-0.4, -0.2) is 20.9 Å². The number of amides is 1. The van der Waals surface area contributed by atoms with Gasteiger partial charge in [0.2, 0.25) is 0 Å². The molecule has 1 aromatic rings. The van der Waals surface area contributed by atoms with Gasteiger partial charge in [-0.3, -0.25) is 4.79 Å². The summed E-state index contributed by atoms with van der Waals surface area (Å²) in [4.78, 5) is 11.9. The first-order valence-corrected chi connectivity index (χ1v) is 8.92. The van der Waals surface area contributed by atoms with E-state index < -0.39 is 9.05 Å². The van der Waals surface area contributed by atoms with E-state index in [0.29, 0.717) is 6.54 Å². The molecule has 4 nitrogen and oxygen atoms in total. The van der Waals surface area contributed by atoms with E-state index in [1.54, 1.807) is 0 Å². The third-order valence-electron chi connectivity index (χ3n) is 3.65. The highest BCUT2D eigenvalue weighted by Crippen LogP contribution is 2.39. The molecule has 1 aliphatic carbocycles. The molecule has 0 spiro atoms. The van der Waals surface area contributed by atoms with E-state index in [4.69, 9.17) is 22.3 Å². The van der Waals surface area contributed by atoms with Crippen LogP contribution >= 0.6 is 22.3 Å². The van der Waals surface area contributed by atoms with Gasteiger partial charge in [0.05, 0.1) is 4.90 Å². The van der Waals surface area contributed by atoms with Gasteiger partial charge in [0.15, 0.2) is 0 Å². The average Bonchev–Trinajstić information content (AvgIpc) is 2.31. The number of hydrogen-bond acceptors (Lipinski definition) is 3. The maximum absolute atomic E-state index is 12.1. The van der Waals surface area contributed by atoms with Gasteiger partial charge in [0, 0.05) is 27.8 Å². The van der Waals surface area contributed by atoms with Crippen LogP contribution in [-0.2, 0) is 9.05 Å². The molecule has 0 radical (unpaired) electrons. The highest BCUT2D eigenvalue weighted by atomic mass is 35.7. The van der Waals surface area contributed by atoms with Crippen molar-refractivity contribution >= 4 is 37.2 Å². The number of nitrogens with one attached hydrogen (secondary N) is 1. The molecule has 0 heterocycles. The zero-order valence-electron chi connectivity index (χ0n) is 10.9. The van der Waals surface area contributed by atoms with Crippen molar-refractivity contribution in [3.05, 3.63) is 28.8 Å². The Morgan fingerprint density at radius 1 is 1.35 bits per heavy atom. The summed E-state index contributed by atoms with van der Waals surface area (Å²) < 4.78 is 22.6. The second-order valence-electron chi connectivity index (χ2n) is 5.46. The molecule has 1 fully saturated rings. The molecule has 2 rings (SSSR count). The number of hydrogen-bond donors (Lipinski definition) is 1. The second-order valence-corrected chi connectivity index (χ2v) is 8.46. The fourth-order valence-electron chi connectivity index (χ4n) is 2.19. The largest absolute Gasteiger partial charge is 0.351 e. The molecule has 1 amide bonds. The number of benzene rings is 1. The minimum Gasteiger partial charge on any atom is -0.351 e. The van der Waals surface area contributed by atoms with Crippen molar-refractivity contribution in [3.63, 3.8) is 0 Å². The lowest BCUT2D eigenvalue weighted by Crippen LogP contribution is -2.39. The fraction of sp³-hybridized carbons (Fsp3) is 0.462. The van der Waals surface area contributed by atoms with Crippen molar-refractivity contribution in [1.29, 1.82) is 0 Å². The molecule has 0 atom stereocenters. The van der Waals surface area contributed by atoms with E-state index in [1.165, 1.54) is 24.6 Å². The van der Waals surface area contributed by atoms with Crippen molar-refractivity contribution < 1.29 is 13.2 Å². The summed E-state index contributed by atoms with van der Waals surface area (Å²) in [6.45, 7) is 2.69. The summed E-state index contributed by atoms with van der Waals surface area (Å²) in [5, 5.41) is 2.97. The molecule has 0 saturated heterocycles. The summed E-state index contributed by atoms with van der Waals surface area (Å²) >= 11 is 5.83. The van der Waals surface area contributed by atoms with Crippen LogP contribution in [0.5, 0.6) is 0 Å². The van der Waals surface area contributed by atoms with E-state index >= 15 is 0 Å². The van der Waals surface area contributed by atoms with Crippen LogP contribution < -0.4 is 5.32 Å². The van der Waals surface area contributed by atoms with E-state index in [2.05, 4.69) is 12.2 Å². The molecular formula is C13H15Cl2NO3S. The summed E-state index contributed by atoms with van der Waals surface area (Å²) in [6.07, 6.45) is 3.35. The van der Waals surface area contributed by atoms with Crippen LogP contribution in [0.2, 0.25) is 5.02 Å². The van der Waals surface area contributed by atoms with Gasteiger partial charge >= 0.3 is 0 Å². The van der Waals surface area contributed by atoms with Crippen molar-refractivity contribution in [3.8, 4) is 0 Å². The Morgan fingerprint density at radius 2 is 2.00 bits per heavy atom. The van der Waals surface area contributed by atoms with Crippen molar-refractivity contribution in [2.24, 2.45) is 5.41 Å². The third kappa shape index (κ3) is 3.65. The van der Waals surface area contributed by atoms with Crippen LogP contribution in [0.1, 0.15) is 36.5 Å². The van der Waals surface area contributed by atoms with Gasteiger partial charge < -0.3 is 5.32 Å². The fourth-order valence-corrected chi connectivity index (χ4v) is 3.29. The summed E-state index contributed by atoms with van der Waals surface area (Å²) in [5.74, 6) is -0.345. The molecule has 1 saturated carbocycles. The molecule has 0 aromatic heterocycles. The molecule has 7 heteroatoms. The number of carbonyl (C=O) groups is 1. The maximum atomic E-state index is 12.1. The van der Waals surface area contributed by atoms with Gasteiger partial charge in [-0.1, -0.05) is 24.9 Å². The maximum Gasteiger partial charge on any atom is 0.261 e. The van der Waals surface area contributed by atoms with Gasteiger partial charge in [-0.2, -0.15) is 0 Å². The topological polar surface area (TPSA) is 63.2 Å². The smallest absolute Gasteiger partial charge is 0.261 e. The predicted molar refractivity (Wildman–Crippen MR) is 78.8 cm³/mol. The standard InChI is InChI=1S/C13H15Cl2NO3S/c1-13(3-2-4-13)8-16-12(17)9-5-10(14)7-11(6-9)20(15,18)19/h5-7H,2-4,8H2,1H3,(H,16,17). The summed E-state index contributed by atoms with van der Waals surface area (Å²) in [5.41, 5.74) is 0.343. The first-order chi connectivity index (χ1) is 9.20. The van der Waals surface area contributed by atoms with E-state index in [-0.39, 0.29) is 26.8 Å². The predicted octanol–water partition coefficient (Wildman–Crippen LogP) is 3.19. The van der Waals surface area contributed by atoms with E-state index in [1.807, 2.05) is 0 Å². The molecule has 110 valence electrons. The molecule has 1 aliphatic rings. The Hall–Kier alpha value is -0.780. The molecule has 0 bridgehead atoms. The Balaban J connectivity index is 2.15. The van der Waals surface area contributed by atoms with Crippen molar-refractivity contribution in [2.75, 3.05) is 6.54 Å². The highest BCUT2D eigenvalue weighted by molar-refractivity contribution is 8.13. The van der Waals surface area contributed by atoms with E-state index in [0.717, 1.165) is 12.8 Å². The Morgan fingerprint density at radius 3 is 2.50 bits per heavy atom. The third-order valence-corrected chi connectivity index (χ3v) is 5.20. The lowest BCUT2D eigenvalue weighted by atomic mass is 9.70. The summed E-state index contributed by atoms with van der Waals surface area (Å²) in [6, 6.07) is 3.87. The molecule has 0 unspecified atom stereocenters. The lowest BCUT2D eigenvalue weighted by Gasteiger charge is -2.38. The zero-order chi connectivity index (χ0) is 15.0. The minimum absolute atomic E-state index is 0.148. The summed E-state index contributed by atoms with van der Waals surface area (Å²) in [7, 11) is 1.36. The Labute approximate surface area is 127 Å². The van der Waals surface area contributed by atoms with Crippen molar-refractivity contribution in [1.82, 2.24) is 5.32 Å². The van der Waals surface area contributed by atoms with Gasteiger partial charge in [-0.05, 0) is 36.5 Å². The number of rotatable bonds is 4. The van der Waals surface area contributed by atoms with Gasteiger partial charge in [0.1, 0.15) is 0 Å². The van der Waals surface area contributed by atoms with Crippen LogP contribution in [0.25, 0.3) is 0 Å². The van der Waals surface area contributed by atoms with Crippen LogP contribution in [0.4, 0.5) is 0 Å².